The minimum Gasteiger partial charge on any atom is -0.473 e. The topological polar surface area (TPSA) is 178 Å². The molecule has 7 rings (SSSR count). The van der Waals surface area contributed by atoms with E-state index in [2.05, 4.69) is 15.0 Å². The van der Waals surface area contributed by atoms with Gasteiger partial charge in [0.1, 0.15) is 12.7 Å². The van der Waals surface area contributed by atoms with Crippen molar-refractivity contribution >= 4 is 42.7 Å². The summed E-state index contributed by atoms with van der Waals surface area (Å²) in [7, 11) is -4.02. The highest BCUT2D eigenvalue weighted by atomic mass is 35.5. The second kappa shape index (κ2) is 11.7. The third-order valence-electron chi connectivity index (χ3n) is 8.07. The highest BCUT2D eigenvalue weighted by Gasteiger charge is 2.64. The van der Waals surface area contributed by atoms with Crippen molar-refractivity contribution in [3.63, 3.8) is 0 Å². The number of nitrogens with zero attached hydrogens (tertiary/aromatic N) is 4. The van der Waals surface area contributed by atoms with Gasteiger partial charge in [-0.1, -0.05) is 23.7 Å². The molecular weight excluding hydrogens is 621 g/mol. The zero-order valence-corrected chi connectivity index (χ0v) is 25.4. The van der Waals surface area contributed by atoms with Crippen molar-refractivity contribution in [3.8, 4) is 5.88 Å². The van der Waals surface area contributed by atoms with Crippen LogP contribution in [0.3, 0.4) is 0 Å². The molecule has 0 radical (unpaired) electrons. The van der Waals surface area contributed by atoms with E-state index in [1.165, 1.54) is 6.33 Å². The number of rotatable bonds is 8. The summed E-state index contributed by atoms with van der Waals surface area (Å²) in [6.07, 6.45) is 0.566. The highest BCUT2D eigenvalue weighted by molar-refractivity contribution is 7.48. The number of fused-ring (bicyclic) bond motifs is 2. The first kappa shape index (κ1) is 29.7. The summed E-state index contributed by atoms with van der Waals surface area (Å²) in [6.45, 7) is 2.47. The molecule has 0 saturated carbocycles. The Morgan fingerprint density at radius 1 is 1.20 bits per heavy atom. The van der Waals surface area contributed by atoms with Gasteiger partial charge in [0.25, 0.3) is 0 Å². The number of anilines is 1. The summed E-state index contributed by atoms with van der Waals surface area (Å²) in [5.74, 6) is 0.149. The van der Waals surface area contributed by atoms with Gasteiger partial charge in [-0.05, 0) is 43.9 Å². The van der Waals surface area contributed by atoms with Crippen LogP contribution in [0.2, 0.25) is 5.02 Å². The molecule has 0 spiro atoms. The van der Waals surface area contributed by atoms with Gasteiger partial charge in [-0.15, -0.1) is 0 Å². The molecular formula is C27H31ClN5O10P. The molecule has 17 heteroatoms. The van der Waals surface area contributed by atoms with Crippen molar-refractivity contribution in [2.45, 2.75) is 68.9 Å². The maximum Gasteiger partial charge on any atom is 0.509 e. The van der Waals surface area contributed by atoms with E-state index in [1.54, 1.807) is 29.7 Å². The van der Waals surface area contributed by atoms with Crippen LogP contribution in [0.5, 0.6) is 5.88 Å². The number of hydrogen-bond acceptors (Lipinski definition) is 14. The van der Waals surface area contributed by atoms with Gasteiger partial charge < -0.3 is 29.4 Å². The summed E-state index contributed by atoms with van der Waals surface area (Å²) in [4.78, 5) is 25.4. The van der Waals surface area contributed by atoms with Crippen molar-refractivity contribution in [2.24, 2.45) is 0 Å². The first-order valence-electron chi connectivity index (χ1n) is 14.3. The number of hydrogen-bond donors (Lipinski definition) is 1. The first-order chi connectivity index (χ1) is 21.2. The summed E-state index contributed by atoms with van der Waals surface area (Å²) in [6, 6.07) is 7.08. The number of nitrogens with two attached hydrogens (primary N) is 1. The summed E-state index contributed by atoms with van der Waals surface area (Å²) >= 11 is 6.13. The van der Waals surface area contributed by atoms with Gasteiger partial charge in [-0.2, -0.15) is 9.97 Å². The fourth-order valence-corrected chi connectivity index (χ4v) is 7.52. The van der Waals surface area contributed by atoms with E-state index in [1.807, 2.05) is 6.07 Å². The Morgan fingerprint density at radius 3 is 2.91 bits per heavy atom. The number of phosphoric ester groups is 1. The number of imidazole rings is 1. The van der Waals surface area contributed by atoms with E-state index in [-0.39, 0.29) is 37.8 Å². The molecule has 236 valence electrons. The third kappa shape index (κ3) is 5.62. The largest absolute Gasteiger partial charge is 0.509 e. The standard InChI is InChI=1S/C27H31ClN5O10P/c1-27-21(41-26(34)42-27)19(13-39-44(35)38-10-8-18(43-44)15-5-4-6-16(28)11-15)40-24(27)33-14-30-20-22(33)31-25(29)32-23(20)37-12-17-7-2-3-9-36-17/h4-6,11,14,17-19,21,24H,2-3,7-10,12-13H2,1H3,(H2,29,31,32)/t17-,18+,19-,21-,24-,27-,44-/m1/s1. The minimum absolute atomic E-state index is 0.0444. The Labute approximate surface area is 256 Å². The van der Waals surface area contributed by atoms with Gasteiger partial charge in [-0.3, -0.25) is 18.1 Å². The fourth-order valence-electron chi connectivity index (χ4n) is 5.93. The normalized spacial score (nSPS) is 33.6. The Hall–Kier alpha value is -3.04. The van der Waals surface area contributed by atoms with Crippen LogP contribution in [0.1, 0.15) is 50.5 Å². The smallest absolute Gasteiger partial charge is 0.473 e. The number of phosphoric acid groups is 1. The Bertz CT molecular complexity index is 1600. The monoisotopic (exact) mass is 651 g/mol. The van der Waals surface area contributed by atoms with E-state index in [0.29, 0.717) is 29.2 Å². The van der Waals surface area contributed by atoms with Crippen LogP contribution in [-0.2, 0) is 37.1 Å². The molecule has 4 aliphatic heterocycles. The van der Waals surface area contributed by atoms with Crippen molar-refractivity contribution in [2.75, 3.05) is 32.2 Å². The van der Waals surface area contributed by atoms with Crippen LogP contribution >= 0.6 is 19.4 Å². The Kier molecular flexibility index (Phi) is 7.90. The lowest BCUT2D eigenvalue weighted by Gasteiger charge is -2.30. The second-order valence-electron chi connectivity index (χ2n) is 11.1. The van der Waals surface area contributed by atoms with Crippen LogP contribution in [0, 0.1) is 0 Å². The number of benzene rings is 1. The summed E-state index contributed by atoms with van der Waals surface area (Å²) in [5.41, 5.74) is 6.09. The number of aromatic nitrogens is 4. The van der Waals surface area contributed by atoms with Gasteiger partial charge in [0, 0.05) is 18.1 Å². The lowest BCUT2D eigenvalue weighted by Crippen LogP contribution is -2.42. The minimum atomic E-state index is -4.02. The lowest BCUT2D eigenvalue weighted by atomic mass is 9.96. The van der Waals surface area contributed by atoms with Crippen molar-refractivity contribution in [1.82, 2.24) is 19.5 Å². The van der Waals surface area contributed by atoms with Crippen LogP contribution in [0.25, 0.3) is 11.2 Å². The van der Waals surface area contributed by atoms with Crippen molar-refractivity contribution in [3.05, 3.63) is 41.2 Å². The summed E-state index contributed by atoms with van der Waals surface area (Å²) in [5, 5.41) is 0.525. The first-order valence-corrected chi connectivity index (χ1v) is 16.2. The molecule has 2 N–H and O–H groups in total. The van der Waals surface area contributed by atoms with Gasteiger partial charge in [0.2, 0.25) is 11.8 Å². The third-order valence-corrected chi connectivity index (χ3v) is 9.78. The maximum atomic E-state index is 13.5. The molecule has 0 bridgehead atoms. The molecule has 6 heterocycles. The number of ether oxygens (including phenoxy) is 5. The van der Waals surface area contributed by atoms with E-state index in [0.717, 1.165) is 24.8 Å². The number of halogens is 1. The van der Waals surface area contributed by atoms with E-state index >= 15 is 0 Å². The predicted octanol–water partition coefficient (Wildman–Crippen LogP) is 4.50. The average Bonchev–Trinajstić information content (AvgIpc) is 3.64. The lowest BCUT2D eigenvalue weighted by molar-refractivity contribution is -0.0925. The van der Waals surface area contributed by atoms with Crippen LogP contribution in [0.15, 0.2) is 30.6 Å². The van der Waals surface area contributed by atoms with E-state index in [9.17, 15) is 9.36 Å². The second-order valence-corrected chi connectivity index (χ2v) is 13.2. The van der Waals surface area contributed by atoms with Gasteiger partial charge >= 0.3 is 14.0 Å². The van der Waals surface area contributed by atoms with Gasteiger partial charge in [-0.25, -0.2) is 14.3 Å². The Morgan fingerprint density at radius 2 is 2.09 bits per heavy atom. The number of nitrogen functional groups attached to an aromatic ring is 1. The van der Waals surface area contributed by atoms with Gasteiger partial charge in [0.05, 0.1) is 31.7 Å². The molecule has 44 heavy (non-hydrogen) atoms. The molecule has 1 aromatic carbocycles. The average molecular weight is 652 g/mol. The molecule has 4 aliphatic rings. The molecule has 4 fully saturated rings. The molecule has 4 saturated heterocycles. The number of carbonyl (C=O) groups is 1. The highest BCUT2D eigenvalue weighted by Crippen LogP contribution is 2.58. The molecule has 2 aromatic heterocycles. The fraction of sp³-hybridized carbons (Fsp3) is 0.556. The van der Waals surface area contributed by atoms with Gasteiger partial charge in [0.15, 0.2) is 29.1 Å². The SMILES string of the molecule is C[C@@]12OC(=O)O[C@@H]1[C@@H](CO[P@@]1(=O)OCC[C@@H](c3cccc(Cl)c3)O1)O[C@H]2n1cnc2c(OC[C@H]3CCCCO3)nc(N)nc21. The van der Waals surface area contributed by atoms with E-state index in [4.69, 9.17) is 54.6 Å². The molecule has 0 amide bonds. The molecule has 0 unspecified atom stereocenters. The van der Waals surface area contributed by atoms with Crippen LogP contribution in [-0.4, -0.2) is 76.0 Å². The summed E-state index contributed by atoms with van der Waals surface area (Å²) < 4.78 is 61.1. The molecule has 0 aliphatic carbocycles. The van der Waals surface area contributed by atoms with Crippen LogP contribution < -0.4 is 10.5 Å². The predicted molar refractivity (Wildman–Crippen MR) is 152 cm³/mol. The molecule has 7 atom stereocenters. The van der Waals surface area contributed by atoms with Crippen LogP contribution in [0.4, 0.5) is 10.7 Å². The maximum absolute atomic E-state index is 13.5. The van der Waals surface area contributed by atoms with Crippen molar-refractivity contribution in [1.29, 1.82) is 0 Å². The number of carbonyl (C=O) groups excluding carboxylic acids is 1. The zero-order chi connectivity index (χ0) is 30.5. The molecule has 3 aromatic rings. The van der Waals surface area contributed by atoms with Crippen molar-refractivity contribution < 1.29 is 46.6 Å². The Balaban J connectivity index is 1.10. The zero-order valence-electron chi connectivity index (χ0n) is 23.7. The van der Waals surface area contributed by atoms with E-state index < -0.39 is 44.1 Å². The molecule has 15 nitrogen and oxygen atoms in total. The quantitative estimate of drug-likeness (QED) is 0.266.